The fourth-order valence-corrected chi connectivity index (χ4v) is 2.49. The maximum Gasteiger partial charge on any atom is 0.260 e. The van der Waals surface area contributed by atoms with E-state index in [1.165, 1.54) is 0 Å². The van der Waals surface area contributed by atoms with Crippen LogP contribution in [0.2, 0.25) is 10.0 Å². The first kappa shape index (κ1) is 18.4. The van der Waals surface area contributed by atoms with Crippen molar-refractivity contribution in [2.75, 3.05) is 26.2 Å². The van der Waals surface area contributed by atoms with Gasteiger partial charge in [0, 0.05) is 19.2 Å². The monoisotopic (exact) mass is 352 g/mol. The smallest absolute Gasteiger partial charge is 0.260 e. The Morgan fingerprint density at radius 3 is 2.71 bits per heavy atom. The van der Waals surface area contributed by atoms with E-state index in [1.807, 2.05) is 0 Å². The summed E-state index contributed by atoms with van der Waals surface area (Å²) in [6, 6.07) is 4.94. The van der Waals surface area contributed by atoms with E-state index in [2.05, 4.69) is 6.92 Å². The van der Waals surface area contributed by atoms with E-state index in [0.29, 0.717) is 28.9 Å². The molecule has 0 spiro atoms. The van der Waals surface area contributed by atoms with E-state index in [9.17, 15) is 4.79 Å². The molecule has 0 aliphatic carbocycles. The van der Waals surface area contributed by atoms with Crippen LogP contribution in [-0.4, -0.2) is 37.0 Å². The number of likely N-dealkylation sites (tertiary alicyclic amines) is 1. The highest BCUT2D eigenvalue weighted by Gasteiger charge is 2.34. The molecule has 1 aliphatic heterocycles. The molecule has 1 unspecified atom stereocenters. The van der Waals surface area contributed by atoms with Crippen molar-refractivity contribution in [1.29, 1.82) is 0 Å². The van der Waals surface area contributed by atoms with E-state index in [0.717, 1.165) is 13.0 Å². The number of carbonyl (C=O) groups is 1. The van der Waals surface area contributed by atoms with Crippen LogP contribution in [0.4, 0.5) is 0 Å². The van der Waals surface area contributed by atoms with Gasteiger partial charge >= 0.3 is 0 Å². The first-order valence-electron chi connectivity index (χ1n) is 6.49. The molecule has 2 rings (SSSR count). The Balaban J connectivity index is 0.00000220. The van der Waals surface area contributed by atoms with Crippen LogP contribution in [0.15, 0.2) is 18.2 Å². The van der Waals surface area contributed by atoms with Crippen LogP contribution in [0, 0.1) is 5.41 Å². The van der Waals surface area contributed by atoms with Crippen LogP contribution < -0.4 is 10.5 Å². The van der Waals surface area contributed by atoms with Gasteiger partial charge in [0.25, 0.3) is 5.91 Å². The summed E-state index contributed by atoms with van der Waals surface area (Å²) in [5.41, 5.74) is 5.76. The summed E-state index contributed by atoms with van der Waals surface area (Å²) in [4.78, 5) is 13.9. The van der Waals surface area contributed by atoms with Crippen LogP contribution in [0.1, 0.15) is 13.3 Å². The van der Waals surface area contributed by atoms with Gasteiger partial charge in [-0.3, -0.25) is 4.79 Å². The average molecular weight is 354 g/mol. The number of ether oxygens (including phenoxy) is 1. The first-order chi connectivity index (χ1) is 9.43. The standard InChI is InChI=1S/C14H18Cl2N2O2.ClH/c1-14(8-17)4-5-18(9-14)13(19)7-20-10-2-3-11(15)12(16)6-10;/h2-3,6H,4-5,7-9,17H2,1H3;1H. The molecule has 0 aromatic heterocycles. The number of hydrogen-bond acceptors (Lipinski definition) is 3. The number of benzene rings is 1. The zero-order valence-electron chi connectivity index (χ0n) is 11.8. The predicted octanol–water partition coefficient (Wildman–Crippen LogP) is 2.99. The summed E-state index contributed by atoms with van der Waals surface area (Å²) in [5.74, 6) is 0.502. The highest BCUT2D eigenvalue weighted by molar-refractivity contribution is 6.42. The van der Waals surface area contributed by atoms with Crippen molar-refractivity contribution in [3.63, 3.8) is 0 Å². The summed E-state index contributed by atoms with van der Waals surface area (Å²) in [5, 5.41) is 0.872. The van der Waals surface area contributed by atoms with Crippen LogP contribution in [0.25, 0.3) is 0 Å². The van der Waals surface area contributed by atoms with Crippen LogP contribution >= 0.6 is 35.6 Å². The summed E-state index contributed by atoms with van der Waals surface area (Å²) in [7, 11) is 0. The molecule has 0 saturated carbocycles. The fourth-order valence-electron chi connectivity index (χ4n) is 2.21. The van der Waals surface area contributed by atoms with Gasteiger partial charge in [0.15, 0.2) is 6.61 Å². The molecule has 1 atom stereocenters. The Morgan fingerprint density at radius 2 is 2.14 bits per heavy atom. The van der Waals surface area contributed by atoms with Crippen LogP contribution in [-0.2, 0) is 4.79 Å². The molecule has 1 fully saturated rings. The Hall–Kier alpha value is -0.680. The van der Waals surface area contributed by atoms with Gasteiger partial charge in [-0.2, -0.15) is 0 Å². The normalized spacial score (nSPS) is 21.0. The molecular weight excluding hydrogens is 335 g/mol. The maximum atomic E-state index is 12.1. The van der Waals surface area contributed by atoms with Gasteiger partial charge in [-0.05, 0) is 30.5 Å². The van der Waals surface area contributed by atoms with E-state index < -0.39 is 0 Å². The molecular formula is C14H19Cl3N2O2. The second kappa shape index (κ2) is 7.54. The molecule has 0 radical (unpaired) electrons. The zero-order chi connectivity index (χ0) is 14.8. The van der Waals surface area contributed by atoms with Crippen molar-refractivity contribution in [2.45, 2.75) is 13.3 Å². The molecule has 1 saturated heterocycles. The molecule has 118 valence electrons. The first-order valence-corrected chi connectivity index (χ1v) is 7.25. The summed E-state index contributed by atoms with van der Waals surface area (Å²) >= 11 is 11.7. The lowest BCUT2D eigenvalue weighted by molar-refractivity contribution is -0.132. The van der Waals surface area contributed by atoms with Crippen LogP contribution in [0.5, 0.6) is 5.75 Å². The van der Waals surface area contributed by atoms with Gasteiger partial charge in [-0.25, -0.2) is 0 Å². The highest BCUT2D eigenvalue weighted by atomic mass is 35.5. The summed E-state index contributed by atoms with van der Waals surface area (Å²) in [6.45, 7) is 4.10. The molecule has 1 aliphatic rings. The SMILES string of the molecule is CC1(CN)CCN(C(=O)COc2ccc(Cl)c(Cl)c2)C1.Cl. The molecule has 0 bridgehead atoms. The lowest BCUT2D eigenvalue weighted by Gasteiger charge is -2.22. The number of nitrogens with two attached hydrogens (primary N) is 1. The average Bonchev–Trinajstić information content (AvgIpc) is 2.83. The molecule has 21 heavy (non-hydrogen) atoms. The Kier molecular flexibility index (Phi) is 6.60. The van der Waals surface area contributed by atoms with Crippen molar-refractivity contribution >= 4 is 41.5 Å². The largest absolute Gasteiger partial charge is 0.484 e. The van der Waals surface area contributed by atoms with E-state index in [1.54, 1.807) is 23.1 Å². The summed E-state index contributed by atoms with van der Waals surface area (Å²) in [6.07, 6.45) is 0.933. The number of carbonyl (C=O) groups excluding carboxylic acids is 1. The topological polar surface area (TPSA) is 55.6 Å². The number of halogens is 3. The Bertz CT molecular complexity index is 513. The maximum absolute atomic E-state index is 12.1. The van der Waals surface area contributed by atoms with E-state index in [4.69, 9.17) is 33.7 Å². The molecule has 1 aromatic rings. The van der Waals surface area contributed by atoms with Crippen molar-refractivity contribution in [3.8, 4) is 5.75 Å². The minimum absolute atomic E-state index is 0. The third-order valence-corrected chi connectivity index (χ3v) is 4.40. The molecule has 2 N–H and O–H groups in total. The van der Waals surface area contributed by atoms with Crippen molar-refractivity contribution in [2.24, 2.45) is 11.1 Å². The van der Waals surface area contributed by atoms with Gasteiger partial charge in [-0.1, -0.05) is 30.1 Å². The fraction of sp³-hybridized carbons (Fsp3) is 0.500. The van der Waals surface area contributed by atoms with Crippen molar-refractivity contribution < 1.29 is 9.53 Å². The third-order valence-electron chi connectivity index (χ3n) is 3.66. The lowest BCUT2D eigenvalue weighted by atomic mass is 9.90. The molecule has 7 heteroatoms. The predicted molar refractivity (Wildman–Crippen MR) is 87.6 cm³/mol. The van der Waals surface area contributed by atoms with Gasteiger partial charge in [0.05, 0.1) is 10.0 Å². The van der Waals surface area contributed by atoms with Crippen molar-refractivity contribution in [3.05, 3.63) is 28.2 Å². The number of amides is 1. The molecule has 1 aromatic carbocycles. The van der Waals surface area contributed by atoms with E-state index in [-0.39, 0.29) is 30.3 Å². The van der Waals surface area contributed by atoms with Gasteiger partial charge in [0.2, 0.25) is 0 Å². The molecule has 4 nitrogen and oxygen atoms in total. The number of rotatable bonds is 4. The van der Waals surface area contributed by atoms with Crippen LogP contribution in [0.3, 0.4) is 0 Å². The zero-order valence-corrected chi connectivity index (χ0v) is 14.1. The molecule has 1 amide bonds. The Labute approximate surface area is 140 Å². The summed E-state index contributed by atoms with van der Waals surface area (Å²) < 4.78 is 5.45. The van der Waals surface area contributed by atoms with Crippen molar-refractivity contribution in [1.82, 2.24) is 4.90 Å². The number of nitrogens with zero attached hydrogens (tertiary/aromatic N) is 1. The Morgan fingerprint density at radius 1 is 1.43 bits per heavy atom. The minimum Gasteiger partial charge on any atom is -0.484 e. The highest BCUT2D eigenvalue weighted by Crippen LogP contribution is 2.29. The number of hydrogen-bond donors (Lipinski definition) is 1. The lowest BCUT2D eigenvalue weighted by Crippen LogP contribution is -2.36. The van der Waals surface area contributed by atoms with Gasteiger partial charge in [0.1, 0.15) is 5.75 Å². The van der Waals surface area contributed by atoms with E-state index >= 15 is 0 Å². The quantitative estimate of drug-likeness (QED) is 0.905. The second-order valence-electron chi connectivity index (χ2n) is 5.44. The second-order valence-corrected chi connectivity index (χ2v) is 6.26. The minimum atomic E-state index is -0.0340. The third kappa shape index (κ3) is 4.65. The molecule has 1 heterocycles. The van der Waals surface area contributed by atoms with Gasteiger partial charge < -0.3 is 15.4 Å². The van der Waals surface area contributed by atoms with Gasteiger partial charge in [-0.15, -0.1) is 12.4 Å².